The van der Waals surface area contributed by atoms with Gasteiger partial charge in [-0.25, -0.2) is 4.79 Å². The Kier molecular flexibility index (Phi) is 7.30. The predicted octanol–water partition coefficient (Wildman–Crippen LogP) is 3.00. The van der Waals surface area contributed by atoms with E-state index in [1.165, 1.54) is 24.4 Å². The monoisotopic (exact) mass is 416 g/mol. The van der Waals surface area contributed by atoms with Crippen molar-refractivity contribution in [3.8, 4) is 0 Å². The summed E-state index contributed by atoms with van der Waals surface area (Å²) in [7, 11) is 1.34. The van der Waals surface area contributed by atoms with Gasteiger partial charge in [0, 0.05) is 5.92 Å². The summed E-state index contributed by atoms with van der Waals surface area (Å²) in [6.45, 7) is 4.58. The van der Waals surface area contributed by atoms with Crippen LogP contribution in [0.3, 0.4) is 0 Å². The van der Waals surface area contributed by atoms with Crippen LogP contribution in [0.1, 0.15) is 50.4 Å². The topological polar surface area (TPSA) is 86.1 Å². The number of nitrogens with zero attached hydrogens (tertiary/aromatic N) is 3. The summed E-state index contributed by atoms with van der Waals surface area (Å²) in [6, 6.07) is 9.53. The number of esters is 1. The number of amides is 1. The smallest absolute Gasteiger partial charge is 0.328 e. The van der Waals surface area contributed by atoms with Crippen LogP contribution < -0.4 is 5.32 Å². The minimum absolute atomic E-state index is 0.000368. The van der Waals surface area contributed by atoms with Crippen molar-refractivity contribution in [1.82, 2.24) is 20.1 Å². The van der Waals surface area contributed by atoms with E-state index >= 15 is 0 Å². The molecule has 1 aromatic carbocycles. The number of aromatic nitrogens is 3. The largest absolute Gasteiger partial charge is 0.467 e. The normalized spacial score (nSPS) is 15.6. The van der Waals surface area contributed by atoms with Gasteiger partial charge < -0.3 is 14.6 Å². The zero-order valence-electron chi connectivity index (χ0n) is 17.1. The Balaban J connectivity index is 1.67. The summed E-state index contributed by atoms with van der Waals surface area (Å²) in [6.07, 6.45) is 3.03. The molecule has 0 bridgehead atoms. The summed E-state index contributed by atoms with van der Waals surface area (Å²) in [5.74, 6) is 0.988. The number of methoxy groups -OCH3 is 1. The van der Waals surface area contributed by atoms with Gasteiger partial charge in [0.15, 0.2) is 5.16 Å². The van der Waals surface area contributed by atoms with E-state index in [0.717, 1.165) is 30.2 Å². The average molecular weight is 417 g/mol. The fourth-order valence-corrected chi connectivity index (χ4v) is 3.86. The van der Waals surface area contributed by atoms with Crippen molar-refractivity contribution in [3.63, 3.8) is 0 Å². The lowest BCUT2D eigenvalue weighted by Crippen LogP contribution is -2.46. The molecule has 1 aliphatic rings. The molecule has 1 heterocycles. The summed E-state index contributed by atoms with van der Waals surface area (Å²) in [5, 5.41) is 12.2. The molecule has 0 spiro atoms. The predicted molar refractivity (Wildman–Crippen MR) is 112 cm³/mol. The lowest BCUT2D eigenvalue weighted by molar-refractivity contribution is -0.146. The summed E-state index contributed by atoms with van der Waals surface area (Å²) in [4.78, 5) is 24.5. The molecule has 1 saturated carbocycles. The summed E-state index contributed by atoms with van der Waals surface area (Å²) in [5.41, 5.74) is 1.17. The Labute approximate surface area is 175 Å². The maximum atomic E-state index is 12.5. The molecule has 0 radical (unpaired) electrons. The van der Waals surface area contributed by atoms with Crippen LogP contribution in [0.15, 0.2) is 35.5 Å². The van der Waals surface area contributed by atoms with Gasteiger partial charge in [-0.3, -0.25) is 4.79 Å². The van der Waals surface area contributed by atoms with E-state index in [9.17, 15) is 9.59 Å². The molecule has 156 valence electrons. The maximum absolute atomic E-state index is 12.5. The first-order valence-corrected chi connectivity index (χ1v) is 11.0. The van der Waals surface area contributed by atoms with Crippen molar-refractivity contribution in [1.29, 1.82) is 0 Å². The van der Waals surface area contributed by atoms with Crippen LogP contribution in [-0.2, 0) is 20.9 Å². The number of nitrogens with one attached hydrogen (secondary N) is 1. The van der Waals surface area contributed by atoms with Gasteiger partial charge in [0.2, 0.25) is 5.91 Å². The second-order valence-corrected chi connectivity index (χ2v) is 8.37. The molecule has 3 rings (SSSR count). The van der Waals surface area contributed by atoms with E-state index in [-0.39, 0.29) is 17.6 Å². The van der Waals surface area contributed by atoms with E-state index in [1.54, 1.807) is 0 Å². The molecule has 8 heteroatoms. The molecule has 2 atom stereocenters. The first kappa shape index (κ1) is 21.4. The van der Waals surface area contributed by atoms with Crippen LogP contribution in [0.2, 0.25) is 0 Å². The Bertz CT molecular complexity index is 836. The Morgan fingerprint density at radius 1 is 1.28 bits per heavy atom. The Morgan fingerprint density at radius 3 is 2.62 bits per heavy atom. The molecular weight excluding hydrogens is 388 g/mol. The van der Waals surface area contributed by atoms with Gasteiger partial charge in [-0.15, -0.1) is 10.2 Å². The first-order chi connectivity index (χ1) is 14.0. The molecule has 1 aromatic heterocycles. The van der Waals surface area contributed by atoms with E-state index in [0.29, 0.717) is 12.5 Å². The summed E-state index contributed by atoms with van der Waals surface area (Å²) >= 11 is 1.35. The van der Waals surface area contributed by atoms with Gasteiger partial charge in [-0.2, -0.15) is 0 Å². The average Bonchev–Trinajstić information content (AvgIpc) is 3.51. The van der Waals surface area contributed by atoms with Crippen LogP contribution in [0, 0.1) is 5.92 Å². The van der Waals surface area contributed by atoms with Crippen LogP contribution in [0.4, 0.5) is 0 Å². The number of hydrogen-bond donors (Lipinski definition) is 1. The van der Waals surface area contributed by atoms with Gasteiger partial charge in [-0.05, 0) is 24.3 Å². The number of ether oxygens (including phenoxy) is 1. The number of hydrogen-bond acceptors (Lipinski definition) is 6. The van der Waals surface area contributed by atoms with Crippen molar-refractivity contribution >= 4 is 23.6 Å². The molecule has 1 amide bonds. The fraction of sp³-hybridized carbons (Fsp3) is 0.524. The minimum atomic E-state index is -0.637. The van der Waals surface area contributed by atoms with Gasteiger partial charge in [0.1, 0.15) is 11.9 Å². The molecule has 0 saturated heterocycles. The third kappa shape index (κ3) is 5.59. The lowest BCUT2D eigenvalue weighted by atomic mass is 9.99. The third-order valence-electron chi connectivity index (χ3n) is 5.19. The minimum Gasteiger partial charge on any atom is -0.467 e. The number of benzene rings is 1. The van der Waals surface area contributed by atoms with E-state index < -0.39 is 12.0 Å². The quantitative estimate of drug-likeness (QED) is 0.473. The third-order valence-corrected chi connectivity index (χ3v) is 6.16. The number of carbonyl (C=O) groups excluding carboxylic acids is 2. The SMILES string of the molecule is CC[C@@H](C)[C@H](NC(=O)CSc1nnc(C2CC2)n1Cc1ccccc1)C(=O)OC. The molecule has 0 unspecified atom stereocenters. The van der Waals surface area contributed by atoms with Crippen molar-refractivity contribution in [3.05, 3.63) is 41.7 Å². The lowest BCUT2D eigenvalue weighted by Gasteiger charge is -2.21. The highest BCUT2D eigenvalue weighted by molar-refractivity contribution is 7.99. The first-order valence-electron chi connectivity index (χ1n) is 10.0. The second-order valence-electron chi connectivity index (χ2n) is 7.43. The van der Waals surface area contributed by atoms with Crippen molar-refractivity contribution in [2.75, 3.05) is 12.9 Å². The zero-order chi connectivity index (χ0) is 20.8. The van der Waals surface area contributed by atoms with Crippen LogP contribution in [-0.4, -0.2) is 45.5 Å². The van der Waals surface area contributed by atoms with Crippen LogP contribution in [0.5, 0.6) is 0 Å². The molecule has 7 nitrogen and oxygen atoms in total. The molecule has 29 heavy (non-hydrogen) atoms. The highest BCUT2D eigenvalue weighted by Crippen LogP contribution is 2.40. The van der Waals surface area contributed by atoms with E-state index in [1.807, 2.05) is 32.0 Å². The van der Waals surface area contributed by atoms with Gasteiger partial charge >= 0.3 is 5.97 Å². The van der Waals surface area contributed by atoms with Crippen LogP contribution in [0.25, 0.3) is 0 Å². The van der Waals surface area contributed by atoms with E-state index in [2.05, 4.69) is 32.2 Å². The number of carbonyl (C=O) groups is 2. The van der Waals surface area contributed by atoms with Crippen LogP contribution >= 0.6 is 11.8 Å². The fourth-order valence-electron chi connectivity index (χ4n) is 3.11. The maximum Gasteiger partial charge on any atom is 0.328 e. The second kappa shape index (κ2) is 9.91. The van der Waals surface area contributed by atoms with E-state index in [4.69, 9.17) is 4.74 Å². The zero-order valence-corrected chi connectivity index (χ0v) is 17.9. The molecule has 0 aliphatic heterocycles. The summed E-state index contributed by atoms with van der Waals surface area (Å²) < 4.78 is 6.94. The van der Waals surface area contributed by atoms with Gasteiger partial charge in [-0.1, -0.05) is 62.4 Å². The van der Waals surface area contributed by atoms with Gasteiger partial charge in [0.25, 0.3) is 0 Å². The molecule has 1 aliphatic carbocycles. The molecule has 1 N–H and O–H groups in total. The Hall–Kier alpha value is -2.35. The highest BCUT2D eigenvalue weighted by atomic mass is 32.2. The number of rotatable bonds is 10. The highest BCUT2D eigenvalue weighted by Gasteiger charge is 2.31. The molecule has 1 fully saturated rings. The van der Waals surface area contributed by atoms with Crippen molar-refractivity contribution in [2.24, 2.45) is 5.92 Å². The Morgan fingerprint density at radius 2 is 2.00 bits per heavy atom. The van der Waals surface area contributed by atoms with Crippen molar-refractivity contribution < 1.29 is 14.3 Å². The standard InChI is InChI=1S/C21H28N4O3S/c1-4-14(2)18(20(27)28-3)22-17(26)13-29-21-24-23-19(16-10-11-16)25(21)12-15-8-6-5-7-9-15/h5-9,14,16,18H,4,10-13H2,1-3H3,(H,22,26)/t14-,18+/m1/s1. The van der Waals surface area contributed by atoms with Gasteiger partial charge in [0.05, 0.1) is 19.4 Å². The van der Waals surface area contributed by atoms with Crippen molar-refractivity contribution in [2.45, 2.75) is 56.8 Å². The molecular formula is C21H28N4O3S. The molecule has 2 aromatic rings. The number of thioether (sulfide) groups is 1.